The second-order valence-corrected chi connectivity index (χ2v) is 6.76. The average molecular weight is 240 g/mol. The maximum Gasteiger partial charge on any atom is 0.00965 e. The molecular weight excluding hydrogens is 208 g/mol. The third-order valence-electron chi connectivity index (χ3n) is 4.32. The molecule has 0 atom stereocenters. The fourth-order valence-corrected chi connectivity index (χ4v) is 2.81. The average Bonchev–Trinajstić information content (AvgIpc) is 2.68. The van der Waals surface area contributed by atoms with Crippen LogP contribution in [0.5, 0.6) is 0 Å². The van der Waals surface area contributed by atoms with Crippen LogP contribution in [0.1, 0.15) is 60.3 Å². The predicted octanol–water partition coefficient (Wildman–Crippen LogP) is 3.28. The summed E-state index contributed by atoms with van der Waals surface area (Å²) >= 11 is 0. The predicted molar refractivity (Wildman–Crippen MR) is 76.4 cm³/mol. The van der Waals surface area contributed by atoms with Gasteiger partial charge in [0.2, 0.25) is 0 Å². The molecule has 0 bridgehead atoms. The van der Waals surface area contributed by atoms with Gasteiger partial charge >= 0.3 is 0 Å². The smallest absolute Gasteiger partial charge is 0.00965 e. The van der Waals surface area contributed by atoms with Gasteiger partial charge in [-0.25, -0.2) is 0 Å². The second kappa shape index (κ2) is 6.19. The molecule has 0 aromatic rings. The molecule has 102 valence electrons. The monoisotopic (exact) mass is 240 g/mol. The van der Waals surface area contributed by atoms with Crippen molar-refractivity contribution < 1.29 is 0 Å². The highest BCUT2D eigenvalue weighted by Gasteiger charge is 2.34. The van der Waals surface area contributed by atoms with Gasteiger partial charge in [-0.2, -0.15) is 0 Å². The van der Waals surface area contributed by atoms with Crippen LogP contribution in [-0.2, 0) is 0 Å². The molecule has 17 heavy (non-hydrogen) atoms. The molecule has 1 aliphatic heterocycles. The third-order valence-corrected chi connectivity index (χ3v) is 4.32. The van der Waals surface area contributed by atoms with Crippen LogP contribution in [0.4, 0.5) is 0 Å². The Morgan fingerprint density at radius 1 is 1.18 bits per heavy atom. The van der Waals surface area contributed by atoms with E-state index in [-0.39, 0.29) is 5.54 Å². The highest BCUT2D eigenvalue weighted by atomic mass is 15.2. The van der Waals surface area contributed by atoms with E-state index in [2.05, 4.69) is 44.8 Å². The summed E-state index contributed by atoms with van der Waals surface area (Å²) in [5.41, 5.74) is 0.902. The van der Waals surface area contributed by atoms with Crippen LogP contribution in [0.25, 0.3) is 0 Å². The first-order valence-electron chi connectivity index (χ1n) is 7.38. The lowest BCUT2D eigenvalue weighted by molar-refractivity contribution is 0.237. The lowest BCUT2D eigenvalue weighted by Crippen LogP contribution is -2.37. The summed E-state index contributed by atoms with van der Waals surface area (Å²) in [5.74, 6) is 0. The van der Waals surface area contributed by atoms with Crippen molar-refractivity contribution in [2.24, 2.45) is 5.41 Å². The van der Waals surface area contributed by atoms with Gasteiger partial charge in [-0.3, -0.25) is 0 Å². The minimum atomic E-state index is 0.265. The summed E-state index contributed by atoms with van der Waals surface area (Å²) in [6.45, 7) is 16.5. The number of nitrogens with one attached hydrogen (secondary N) is 1. The van der Waals surface area contributed by atoms with Gasteiger partial charge in [-0.1, -0.05) is 13.8 Å². The van der Waals surface area contributed by atoms with E-state index in [9.17, 15) is 0 Å². The van der Waals surface area contributed by atoms with Gasteiger partial charge in [0, 0.05) is 12.1 Å². The van der Waals surface area contributed by atoms with Gasteiger partial charge in [-0.05, 0) is 71.5 Å². The molecule has 0 unspecified atom stereocenters. The van der Waals surface area contributed by atoms with Crippen molar-refractivity contribution in [3.63, 3.8) is 0 Å². The first kappa shape index (κ1) is 15.0. The van der Waals surface area contributed by atoms with Crippen LogP contribution in [0.15, 0.2) is 0 Å². The van der Waals surface area contributed by atoms with Crippen molar-refractivity contribution in [2.75, 3.05) is 26.2 Å². The van der Waals surface area contributed by atoms with Crippen LogP contribution in [0, 0.1) is 5.41 Å². The molecule has 1 N–H and O–H groups in total. The van der Waals surface area contributed by atoms with Gasteiger partial charge in [0.15, 0.2) is 0 Å². The molecular formula is C15H32N2. The van der Waals surface area contributed by atoms with Gasteiger partial charge < -0.3 is 10.2 Å². The molecule has 1 saturated heterocycles. The zero-order valence-corrected chi connectivity index (χ0v) is 12.6. The maximum atomic E-state index is 3.57. The molecule has 0 amide bonds. The highest BCUT2D eigenvalue weighted by Crippen LogP contribution is 2.36. The van der Waals surface area contributed by atoms with Crippen molar-refractivity contribution in [1.29, 1.82) is 0 Å². The summed E-state index contributed by atoms with van der Waals surface area (Å²) in [7, 11) is 0. The van der Waals surface area contributed by atoms with Crippen LogP contribution in [0.3, 0.4) is 0 Å². The molecule has 1 heterocycles. The maximum absolute atomic E-state index is 3.57. The Kier molecular flexibility index (Phi) is 5.46. The normalized spacial score (nSPS) is 21.0. The summed E-state index contributed by atoms with van der Waals surface area (Å²) in [5, 5.41) is 3.57. The Bertz CT molecular complexity index is 213. The minimum absolute atomic E-state index is 0.265. The van der Waals surface area contributed by atoms with E-state index in [4.69, 9.17) is 0 Å². The molecule has 0 aromatic carbocycles. The number of rotatable bonds is 6. The molecule has 0 spiro atoms. The standard InChI is InChI=1S/C15H32N2/c1-6-15(7-2)9-12-17(13-15)11-8-10-16-14(3,4)5/h16H,6-13H2,1-5H3. The molecule has 0 saturated carbocycles. The van der Waals surface area contributed by atoms with Crippen molar-refractivity contribution in [3.8, 4) is 0 Å². The van der Waals surface area contributed by atoms with Gasteiger partial charge in [0.25, 0.3) is 0 Å². The number of likely N-dealkylation sites (tertiary alicyclic amines) is 1. The van der Waals surface area contributed by atoms with E-state index >= 15 is 0 Å². The summed E-state index contributed by atoms with van der Waals surface area (Å²) < 4.78 is 0. The van der Waals surface area contributed by atoms with Gasteiger partial charge in [-0.15, -0.1) is 0 Å². The first-order valence-corrected chi connectivity index (χ1v) is 7.38. The van der Waals surface area contributed by atoms with Crippen molar-refractivity contribution >= 4 is 0 Å². The number of hydrogen-bond acceptors (Lipinski definition) is 2. The van der Waals surface area contributed by atoms with Gasteiger partial charge in [0.1, 0.15) is 0 Å². The minimum Gasteiger partial charge on any atom is -0.312 e. The van der Waals surface area contributed by atoms with Crippen LogP contribution in [0.2, 0.25) is 0 Å². The van der Waals surface area contributed by atoms with Crippen LogP contribution < -0.4 is 5.32 Å². The first-order chi connectivity index (χ1) is 7.91. The van der Waals surface area contributed by atoms with E-state index < -0.39 is 0 Å². The quantitative estimate of drug-likeness (QED) is 0.717. The zero-order valence-electron chi connectivity index (χ0n) is 12.6. The van der Waals surface area contributed by atoms with Crippen LogP contribution >= 0.6 is 0 Å². The summed E-state index contributed by atoms with van der Waals surface area (Å²) in [6.07, 6.45) is 5.38. The molecule has 1 fully saturated rings. The highest BCUT2D eigenvalue weighted by molar-refractivity contribution is 4.87. The Balaban J connectivity index is 2.18. The van der Waals surface area contributed by atoms with Gasteiger partial charge in [0.05, 0.1) is 0 Å². The van der Waals surface area contributed by atoms with E-state index in [1.807, 2.05) is 0 Å². The van der Waals surface area contributed by atoms with Crippen molar-refractivity contribution in [3.05, 3.63) is 0 Å². The van der Waals surface area contributed by atoms with Crippen molar-refractivity contribution in [2.45, 2.75) is 65.8 Å². The Morgan fingerprint density at radius 3 is 2.29 bits per heavy atom. The van der Waals surface area contributed by atoms with E-state index in [1.165, 1.54) is 45.3 Å². The molecule has 2 nitrogen and oxygen atoms in total. The zero-order chi connectivity index (χ0) is 12.9. The largest absolute Gasteiger partial charge is 0.312 e. The second-order valence-electron chi connectivity index (χ2n) is 6.76. The SMILES string of the molecule is CCC1(CC)CCN(CCCNC(C)(C)C)C1. The fraction of sp³-hybridized carbons (Fsp3) is 1.00. The lowest BCUT2D eigenvalue weighted by Gasteiger charge is -2.27. The number of nitrogens with zero attached hydrogens (tertiary/aromatic N) is 1. The van der Waals surface area contributed by atoms with E-state index in [0.29, 0.717) is 5.41 Å². The number of hydrogen-bond donors (Lipinski definition) is 1. The molecule has 0 aromatic heterocycles. The molecule has 1 rings (SSSR count). The molecule has 0 radical (unpaired) electrons. The Hall–Kier alpha value is -0.0800. The van der Waals surface area contributed by atoms with Crippen molar-refractivity contribution in [1.82, 2.24) is 10.2 Å². The lowest BCUT2D eigenvalue weighted by atomic mass is 9.82. The summed E-state index contributed by atoms with van der Waals surface area (Å²) in [6, 6.07) is 0. The molecule has 2 heteroatoms. The molecule has 0 aliphatic carbocycles. The fourth-order valence-electron chi connectivity index (χ4n) is 2.81. The Labute approximate surface area is 108 Å². The summed E-state index contributed by atoms with van der Waals surface area (Å²) in [4.78, 5) is 2.66. The van der Waals surface area contributed by atoms with E-state index in [1.54, 1.807) is 0 Å². The van der Waals surface area contributed by atoms with Crippen LogP contribution in [-0.4, -0.2) is 36.6 Å². The third kappa shape index (κ3) is 4.97. The van der Waals surface area contributed by atoms with E-state index in [0.717, 1.165) is 6.54 Å². The molecule has 1 aliphatic rings. The Morgan fingerprint density at radius 2 is 1.82 bits per heavy atom. The topological polar surface area (TPSA) is 15.3 Å².